The first-order chi connectivity index (χ1) is 17.4. The van der Waals surface area contributed by atoms with Crippen LogP contribution in [0, 0.1) is 24.1 Å². The Kier molecular flexibility index (Phi) is 3.76. The number of benzene rings is 1. The lowest BCUT2D eigenvalue weighted by Crippen LogP contribution is -2.42. The van der Waals surface area contributed by atoms with Crippen molar-refractivity contribution in [3.63, 3.8) is 0 Å². The van der Waals surface area contributed by atoms with Crippen LogP contribution in [0.2, 0.25) is 0 Å². The lowest BCUT2D eigenvalue weighted by atomic mass is 9.69. The first-order valence-corrected chi connectivity index (χ1v) is 12.3. The molecule has 2 aromatic rings. The summed E-state index contributed by atoms with van der Waals surface area (Å²) in [6.45, 7) is 2.91. The van der Waals surface area contributed by atoms with Crippen molar-refractivity contribution >= 4 is 0 Å². The zero-order chi connectivity index (χ0) is 26.3. The van der Waals surface area contributed by atoms with Gasteiger partial charge in [-0.25, -0.2) is 0 Å². The van der Waals surface area contributed by atoms with Gasteiger partial charge in [-0.15, -0.1) is 0 Å². The summed E-state index contributed by atoms with van der Waals surface area (Å²) in [5.41, 5.74) is 1.83. The topological polar surface area (TPSA) is 31.4 Å². The molecule has 3 heterocycles. The molecule has 0 radical (unpaired) electrons. The van der Waals surface area contributed by atoms with Crippen LogP contribution < -0.4 is 4.74 Å². The summed E-state index contributed by atoms with van der Waals surface area (Å²) in [4.78, 5) is 4.55. The molecule has 3 heteroatoms. The lowest BCUT2D eigenvalue weighted by molar-refractivity contribution is -0.0545. The maximum atomic E-state index is 8.88. The van der Waals surface area contributed by atoms with Crippen molar-refractivity contribution in [2.45, 2.75) is 96.8 Å². The van der Waals surface area contributed by atoms with Crippen LogP contribution in [0.5, 0.6) is 5.75 Å². The summed E-state index contributed by atoms with van der Waals surface area (Å²) in [6.07, 6.45) is 7.16. The van der Waals surface area contributed by atoms with E-state index in [1.807, 2.05) is 12.1 Å². The zero-order valence-corrected chi connectivity index (χ0v) is 19.4. The summed E-state index contributed by atoms with van der Waals surface area (Å²) in [5.74, 6) is 2.29. The van der Waals surface area contributed by atoms with E-state index in [9.17, 15) is 0 Å². The number of ether oxygens (including phenoxy) is 2. The minimum Gasteiger partial charge on any atom is -0.486 e. The van der Waals surface area contributed by atoms with Crippen LogP contribution in [0.3, 0.4) is 0 Å². The van der Waals surface area contributed by atoms with E-state index in [2.05, 4.69) is 11.1 Å². The second-order valence-corrected chi connectivity index (χ2v) is 11.2. The van der Waals surface area contributed by atoms with Crippen molar-refractivity contribution in [2.24, 2.45) is 17.3 Å². The second-order valence-electron chi connectivity index (χ2n) is 11.2. The molecular weight excluding hydrogens is 394 g/mol. The number of hydrogen-bond acceptors (Lipinski definition) is 3. The Morgan fingerprint density at radius 2 is 1.97 bits per heavy atom. The maximum absolute atomic E-state index is 8.88. The Bertz CT molecular complexity index is 1200. The number of fused-ring (bicyclic) bond motifs is 7. The summed E-state index contributed by atoms with van der Waals surface area (Å²) in [5, 5.41) is 0. The number of para-hydroxylation sites is 1. The summed E-state index contributed by atoms with van der Waals surface area (Å²) >= 11 is 0. The second kappa shape index (κ2) is 7.58. The molecule has 6 atom stereocenters. The fraction of sp³-hybridized carbons (Fsp3) is 0.621. The molecule has 2 aliphatic heterocycles. The van der Waals surface area contributed by atoms with Crippen molar-refractivity contribution in [3.8, 4) is 17.0 Å². The quantitative estimate of drug-likeness (QED) is 0.515. The fourth-order valence-corrected chi connectivity index (χ4v) is 6.70. The maximum Gasteiger partial charge on any atom is 0.132 e. The average Bonchev–Trinajstić information content (AvgIpc) is 3.41. The van der Waals surface area contributed by atoms with Crippen LogP contribution in [0.1, 0.15) is 88.8 Å². The molecule has 2 saturated carbocycles. The van der Waals surface area contributed by atoms with Gasteiger partial charge in [0.25, 0.3) is 0 Å². The number of pyridine rings is 1. The van der Waals surface area contributed by atoms with E-state index in [1.54, 1.807) is 26.8 Å². The molecule has 0 N–H and O–H groups in total. The predicted molar refractivity (Wildman–Crippen MR) is 128 cm³/mol. The molecule has 3 nitrogen and oxygen atoms in total. The van der Waals surface area contributed by atoms with Gasteiger partial charge >= 0.3 is 0 Å². The van der Waals surface area contributed by atoms with Crippen molar-refractivity contribution in [3.05, 3.63) is 47.2 Å². The van der Waals surface area contributed by atoms with Crippen molar-refractivity contribution in [1.29, 1.82) is 0 Å². The average molecular weight is 437 g/mol. The zero-order valence-electron chi connectivity index (χ0n) is 24.4. The molecule has 3 fully saturated rings. The number of aromatic nitrogens is 1. The van der Waals surface area contributed by atoms with E-state index in [4.69, 9.17) is 16.3 Å². The van der Waals surface area contributed by atoms with Gasteiger partial charge in [0.15, 0.2) is 0 Å². The molecule has 1 aromatic heterocycles. The van der Waals surface area contributed by atoms with Gasteiger partial charge in [-0.3, -0.25) is 4.98 Å². The highest BCUT2D eigenvalue weighted by Gasteiger charge is 2.55. The first kappa shape index (κ1) is 15.9. The number of nitrogens with zero attached hydrogens (tertiary/aromatic N) is 1. The van der Waals surface area contributed by atoms with Crippen LogP contribution in [0.4, 0.5) is 0 Å². The monoisotopic (exact) mass is 436 g/mol. The Morgan fingerprint density at radius 3 is 2.81 bits per heavy atom. The third kappa shape index (κ3) is 3.39. The third-order valence-electron chi connectivity index (χ3n) is 7.98. The molecule has 1 unspecified atom stereocenters. The number of hydrogen-bond donors (Lipinski definition) is 0. The van der Waals surface area contributed by atoms with Crippen LogP contribution in [-0.4, -0.2) is 23.3 Å². The van der Waals surface area contributed by atoms with E-state index in [-0.39, 0.29) is 29.3 Å². The fourth-order valence-electron chi connectivity index (χ4n) is 6.70. The van der Waals surface area contributed by atoms with Gasteiger partial charge in [0, 0.05) is 30.1 Å². The van der Waals surface area contributed by atoms with Gasteiger partial charge in [-0.05, 0) is 79.4 Å². The molecule has 4 aliphatic rings. The van der Waals surface area contributed by atoms with Crippen LogP contribution in [0.15, 0.2) is 30.5 Å². The van der Waals surface area contributed by atoms with Crippen LogP contribution >= 0.6 is 0 Å². The summed E-state index contributed by atoms with van der Waals surface area (Å²) < 4.78 is 55.3. The molecule has 2 aliphatic carbocycles. The van der Waals surface area contributed by atoms with Gasteiger partial charge in [0.2, 0.25) is 0 Å². The van der Waals surface area contributed by atoms with Crippen molar-refractivity contribution in [2.75, 3.05) is 0 Å². The largest absolute Gasteiger partial charge is 0.486 e. The SMILES string of the molecule is [2H]C([2H])([2H])c1cnc(-c2cccc3c2OC2[C@H]4O[C@H]5CCCC[C@H]5[C@H]4CC[C@@H]32)cc1C([2H])([2H])C(C)(C)C. The Hall–Kier alpha value is -1.87. The van der Waals surface area contributed by atoms with Gasteiger partial charge in [-0.2, -0.15) is 0 Å². The van der Waals surface area contributed by atoms with E-state index < -0.39 is 18.6 Å². The Balaban J connectivity index is 1.40. The van der Waals surface area contributed by atoms with Crippen molar-refractivity contribution in [1.82, 2.24) is 4.98 Å². The first-order valence-electron chi connectivity index (χ1n) is 14.8. The van der Waals surface area contributed by atoms with E-state index >= 15 is 0 Å². The van der Waals surface area contributed by atoms with E-state index in [1.165, 1.54) is 37.4 Å². The highest BCUT2D eigenvalue weighted by Crippen LogP contribution is 2.56. The van der Waals surface area contributed by atoms with Gasteiger partial charge in [0.05, 0.1) is 17.9 Å². The number of aryl methyl sites for hydroxylation is 1. The van der Waals surface area contributed by atoms with Crippen molar-refractivity contribution < 1.29 is 16.3 Å². The highest BCUT2D eigenvalue weighted by molar-refractivity contribution is 5.71. The minimum atomic E-state index is -2.46. The molecule has 0 amide bonds. The smallest absolute Gasteiger partial charge is 0.132 e. The highest BCUT2D eigenvalue weighted by atomic mass is 16.6. The molecule has 1 aromatic carbocycles. The van der Waals surface area contributed by atoms with Gasteiger partial charge < -0.3 is 9.47 Å². The molecule has 0 spiro atoms. The minimum absolute atomic E-state index is 0.0114. The standard InChI is InChI=1S/C29H37NO2/c1-17-16-30-24(14-18(17)15-29(2,3)4)23-10-7-9-20-22-13-12-21-19-8-5-6-11-25(19)31-27(21)28(22)32-26(20)23/h7,9-10,14,16,19,21-22,25,27-28H,5-6,8,11-13,15H2,1-4H3/t19-,21+,22-,25-,27-,28?/m0/s1/i1D3,15D2. The summed E-state index contributed by atoms with van der Waals surface area (Å²) in [6, 6.07) is 7.74. The van der Waals surface area contributed by atoms with Gasteiger partial charge in [-0.1, -0.05) is 45.7 Å². The van der Waals surface area contributed by atoms with Gasteiger partial charge in [0.1, 0.15) is 11.9 Å². The lowest BCUT2D eigenvalue weighted by Gasteiger charge is -2.35. The van der Waals surface area contributed by atoms with E-state index in [0.717, 1.165) is 24.2 Å². The van der Waals surface area contributed by atoms with E-state index in [0.29, 0.717) is 23.6 Å². The Morgan fingerprint density at radius 1 is 1.09 bits per heavy atom. The predicted octanol–water partition coefficient (Wildman–Crippen LogP) is 6.86. The summed E-state index contributed by atoms with van der Waals surface area (Å²) in [7, 11) is 0. The third-order valence-corrected chi connectivity index (χ3v) is 7.98. The number of rotatable bonds is 2. The molecule has 1 saturated heterocycles. The molecule has 170 valence electrons. The van der Waals surface area contributed by atoms with Crippen LogP contribution in [-0.2, 0) is 11.1 Å². The molecule has 6 rings (SSSR count). The molecule has 0 bridgehead atoms. The molecular formula is C29H37NO2. The normalized spacial score (nSPS) is 36.3. The molecule has 32 heavy (non-hydrogen) atoms. The van der Waals surface area contributed by atoms with Crippen LogP contribution in [0.25, 0.3) is 11.3 Å². The Labute approximate surface area is 200 Å².